The lowest BCUT2D eigenvalue weighted by atomic mass is 10.1. The van der Waals surface area contributed by atoms with E-state index < -0.39 is 0 Å². The summed E-state index contributed by atoms with van der Waals surface area (Å²) in [5, 5.41) is 5.55. The predicted octanol–water partition coefficient (Wildman–Crippen LogP) is 6.29. The van der Waals surface area contributed by atoms with E-state index >= 15 is 0 Å². The van der Waals surface area contributed by atoms with Crippen LogP contribution in [0.5, 0.6) is 5.75 Å². The molecule has 2 aromatic carbocycles. The molecule has 152 valence electrons. The van der Waals surface area contributed by atoms with Gasteiger partial charge >= 0.3 is 0 Å². The summed E-state index contributed by atoms with van der Waals surface area (Å²) in [6.07, 6.45) is 0.994. The quantitative estimate of drug-likeness (QED) is 0.284. The van der Waals surface area contributed by atoms with Crippen LogP contribution in [0.15, 0.2) is 65.8 Å². The lowest BCUT2D eigenvalue weighted by Crippen LogP contribution is -2.02. The monoisotopic (exact) mass is 416 g/mol. The van der Waals surface area contributed by atoms with Gasteiger partial charge < -0.3 is 4.74 Å². The Morgan fingerprint density at radius 2 is 1.83 bits per heavy atom. The maximum absolute atomic E-state index is 5.65. The van der Waals surface area contributed by atoms with Crippen molar-refractivity contribution in [3.63, 3.8) is 0 Å². The summed E-state index contributed by atoms with van der Waals surface area (Å²) in [5.41, 5.74) is 6.23. The smallest absolute Gasteiger partial charge is 0.158 e. The molecule has 0 amide bonds. The van der Waals surface area contributed by atoms with E-state index in [9.17, 15) is 0 Å². The van der Waals surface area contributed by atoms with Crippen LogP contribution < -0.4 is 10.2 Å². The summed E-state index contributed by atoms with van der Waals surface area (Å²) in [5.74, 6) is 2.32. The molecule has 0 fully saturated rings. The highest BCUT2D eigenvalue weighted by Crippen LogP contribution is 2.35. The molecule has 0 spiro atoms. The highest BCUT2D eigenvalue weighted by molar-refractivity contribution is 7.21. The molecule has 4 rings (SSSR count). The number of hydrogen-bond acceptors (Lipinski definition) is 6. The second kappa shape index (κ2) is 9.05. The molecule has 0 radical (unpaired) electrons. The number of aryl methyl sites for hydroxylation is 1. The van der Waals surface area contributed by atoms with E-state index in [0.717, 1.165) is 56.8 Å². The van der Waals surface area contributed by atoms with Crippen molar-refractivity contribution < 1.29 is 4.74 Å². The molecular formula is C24H24N4OS. The van der Waals surface area contributed by atoms with Gasteiger partial charge in [-0.2, -0.15) is 5.10 Å². The molecule has 0 saturated heterocycles. The zero-order valence-corrected chi connectivity index (χ0v) is 18.2. The zero-order chi connectivity index (χ0) is 20.9. The molecule has 4 aromatic rings. The molecular weight excluding hydrogens is 392 g/mol. The van der Waals surface area contributed by atoms with Gasteiger partial charge in [0.25, 0.3) is 0 Å². The van der Waals surface area contributed by atoms with Crippen LogP contribution in [-0.4, -0.2) is 22.3 Å². The van der Waals surface area contributed by atoms with E-state index in [4.69, 9.17) is 4.74 Å². The summed E-state index contributed by atoms with van der Waals surface area (Å²) in [4.78, 5) is 11.3. The SMILES string of the molecule is CCCOc1ccc(/C(C)=N\Nc2nc(C)nc3sc(-c4ccccc4)cc23)cc1. The Labute approximate surface area is 180 Å². The predicted molar refractivity (Wildman–Crippen MR) is 126 cm³/mol. The van der Waals surface area contributed by atoms with Crippen LogP contribution in [0.3, 0.4) is 0 Å². The molecule has 1 N–H and O–H groups in total. The molecule has 0 unspecified atom stereocenters. The number of rotatable bonds is 7. The first-order valence-corrected chi connectivity index (χ1v) is 10.8. The molecule has 0 aliphatic heterocycles. The molecule has 0 saturated carbocycles. The molecule has 0 bridgehead atoms. The zero-order valence-electron chi connectivity index (χ0n) is 17.3. The largest absolute Gasteiger partial charge is 0.494 e. The van der Waals surface area contributed by atoms with Crippen molar-refractivity contribution in [1.82, 2.24) is 9.97 Å². The van der Waals surface area contributed by atoms with Crippen LogP contribution in [0.1, 0.15) is 31.7 Å². The summed E-state index contributed by atoms with van der Waals surface area (Å²) in [7, 11) is 0. The molecule has 0 aliphatic carbocycles. The molecule has 30 heavy (non-hydrogen) atoms. The van der Waals surface area contributed by atoms with E-state index in [1.54, 1.807) is 11.3 Å². The number of nitrogens with one attached hydrogen (secondary N) is 1. The maximum Gasteiger partial charge on any atom is 0.158 e. The number of hydrogen-bond donors (Lipinski definition) is 1. The Hall–Kier alpha value is -3.25. The fraction of sp³-hybridized carbons (Fsp3) is 0.208. The van der Waals surface area contributed by atoms with Crippen molar-refractivity contribution in [3.8, 4) is 16.2 Å². The molecule has 2 aromatic heterocycles. The van der Waals surface area contributed by atoms with Crippen molar-refractivity contribution >= 4 is 33.1 Å². The van der Waals surface area contributed by atoms with Gasteiger partial charge in [0, 0.05) is 4.88 Å². The second-order valence-corrected chi connectivity index (χ2v) is 8.03. The van der Waals surface area contributed by atoms with E-state index in [2.05, 4.69) is 45.6 Å². The van der Waals surface area contributed by atoms with Gasteiger partial charge in [-0.05, 0) is 61.7 Å². The van der Waals surface area contributed by atoms with Crippen LogP contribution in [0, 0.1) is 6.92 Å². The Bertz CT molecular complexity index is 1170. The second-order valence-electron chi connectivity index (χ2n) is 7.00. The van der Waals surface area contributed by atoms with Gasteiger partial charge in [-0.1, -0.05) is 37.3 Å². The van der Waals surface area contributed by atoms with Gasteiger partial charge in [0.15, 0.2) is 5.82 Å². The number of thiophene rings is 1. The number of fused-ring (bicyclic) bond motifs is 1. The minimum absolute atomic E-state index is 0.719. The summed E-state index contributed by atoms with van der Waals surface area (Å²) in [6.45, 7) is 6.70. The topological polar surface area (TPSA) is 59.4 Å². The fourth-order valence-electron chi connectivity index (χ4n) is 3.07. The normalized spacial score (nSPS) is 11.6. The minimum Gasteiger partial charge on any atom is -0.494 e. The number of hydrazone groups is 1. The molecule has 0 atom stereocenters. The van der Waals surface area contributed by atoms with E-state index in [1.807, 2.05) is 56.3 Å². The van der Waals surface area contributed by atoms with Crippen LogP contribution in [0.4, 0.5) is 5.82 Å². The molecule has 2 heterocycles. The lowest BCUT2D eigenvalue weighted by molar-refractivity contribution is 0.317. The van der Waals surface area contributed by atoms with Gasteiger partial charge in [0.05, 0.1) is 17.7 Å². The highest BCUT2D eigenvalue weighted by atomic mass is 32.1. The van der Waals surface area contributed by atoms with Crippen molar-refractivity contribution in [2.75, 3.05) is 12.0 Å². The molecule has 6 heteroatoms. The van der Waals surface area contributed by atoms with Crippen molar-refractivity contribution in [3.05, 3.63) is 72.1 Å². The first-order chi connectivity index (χ1) is 14.6. The van der Waals surface area contributed by atoms with Crippen LogP contribution >= 0.6 is 11.3 Å². The molecule has 5 nitrogen and oxygen atoms in total. The van der Waals surface area contributed by atoms with Gasteiger partial charge in [-0.25, -0.2) is 9.97 Å². The average molecular weight is 417 g/mol. The number of aromatic nitrogens is 2. The van der Waals surface area contributed by atoms with Crippen molar-refractivity contribution in [2.24, 2.45) is 5.10 Å². The van der Waals surface area contributed by atoms with Crippen LogP contribution in [0.25, 0.3) is 20.7 Å². The Morgan fingerprint density at radius 3 is 2.57 bits per heavy atom. The van der Waals surface area contributed by atoms with Gasteiger partial charge in [0.2, 0.25) is 0 Å². The number of benzene rings is 2. The summed E-state index contributed by atoms with van der Waals surface area (Å²) < 4.78 is 5.65. The van der Waals surface area contributed by atoms with Gasteiger partial charge in [0.1, 0.15) is 16.4 Å². The standard InChI is InChI=1S/C24H24N4OS/c1-4-14-29-20-12-10-18(11-13-20)16(2)27-28-23-21-15-22(19-8-6-5-7-9-19)30-24(21)26-17(3)25-23/h5-13,15H,4,14H2,1-3H3,(H,25,26,28)/b27-16-. The third-order valence-electron chi connectivity index (χ3n) is 4.64. The first-order valence-electron chi connectivity index (χ1n) is 10.0. The number of nitrogens with zero attached hydrogens (tertiary/aromatic N) is 3. The Kier molecular flexibility index (Phi) is 6.05. The number of ether oxygens (including phenoxy) is 1. The van der Waals surface area contributed by atoms with Crippen LogP contribution in [0.2, 0.25) is 0 Å². The summed E-state index contributed by atoms with van der Waals surface area (Å²) >= 11 is 1.66. The first kappa shape index (κ1) is 20.0. The van der Waals surface area contributed by atoms with Crippen LogP contribution in [-0.2, 0) is 0 Å². The minimum atomic E-state index is 0.719. The Balaban J connectivity index is 1.59. The average Bonchev–Trinajstić information content (AvgIpc) is 3.21. The van der Waals surface area contributed by atoms with Gasteiger partial charge in [-0.3, -0.25) is 5.43 Å². The summed E-state index contributed by atoms with van der Waals surface area (Å²) in [6, 6.07) is 20.4. The third-order valence-corrected chi connectivity index (χ3v) is 5.72. The fourth-order valence-corrected chi connectivity index (χ4v) is 4.15. The number of anilines is 1. The highest BCUT2D eigenvalue weighted by Gasteiger charge is 2.11. The van der Waals surface area contributed by atoms with E-state index in [-0.39, 0.29) is 0 Å². The van der Waals surface area contributed by atoms with E-state index in [0.29, 0.717) is 0 Å². The maximum atomic E-state index is 5.65. The van der Waals surface area contributed by atoms with Gasteiger partial charge in [-0.15, -0.1) is 11.3 Å². The van der Waals surface area contributed by atoms with E-state index in [1.165, 1.54) is 5.56 Å². The lowest BCUT2D eigenvalue weighted by Gasteiger charge is -2.07. The third kappa shape index (κ3) is 4.49. The van der Waals surface area contributed by atoms with Crippen molar-refractivity contribution in [1.29, 1.82) is 0 Å². The Morgan fingerprint density at radius 1 is 1.07 bits per heavy atom. The van der Waals surface area contributed by atoms with Crippen molar-refractivity contribution in [2.45, 2.75) is 27.2 Å². The molecule has 0 aliphatic rings.